The lowest BCUT2D eigenvalue weighted by molar-refractivity contribution is -0.379. The van der Waals surface area contributed by atoms with Crippen LogP contribution < -0.4 is 0 Å². The van der Waals surface area contributed by atoms with Crippen LogP contribution in [0.2, 0.25) is 0 Å². The second-order valence-electron chi connectivity index (χ2n) is 22.2. The number of hydrogen-bond donors (Lipinski definition) is 13. The first kappa shape index (κ1) is 51.9. The van der Waals surface area contributed by atoms with E-state index in [2.05, 4.69) is 27.7 Å². The molecular weight excluding hydrogens is 852 g/mol. The van der Waals surface area contributed by atoms with E-state index in [-0.39, 0.29) is 47.5 Å². The number of aliphatic hydroxyl groups is 13. The Morgan fingerprint density at radius 3 is 1.77 bits per heavy atom. The molecule has 24 atom stereocenters. The van der Waals surface area contributed by atoms with Gasteiger partial charge in [0.15, 0.2) is 12.6 Å². The van der Waals surface area contributed by atoms with Crippen molar-refractivity contribution in [3.8, 4) is 0 Å². The third-order valence-corrected chi connectivity index (χ3v) is 18.7. The van der Waals surface area contributed by atoms with Crippen molar-refractivity contribution in [1.29, 1.82) is 0 Å². The van der Waals surface area contributed by atoms with E-state index in [4.69, 9.17) is 23.7 Å². The van der Waals surface area contributed by atoms with Gasteiger partial charge in [-0.2, -0.15) is 0 Å². The third-order valence-electron chi connectivity index (χ3n) is 18.7. The van der Waals surface area contributed by atoms with Gasteiger partial charge in [-0.3, -0.25) is 0 Å². The third kappa shape index (κ3) is 8.41. The zero-order valence-electron chi connectivity index (χ0n) is 38.9. The van der Waals surface area contributed by atoms with Crippen molar-refractivity contribution >= 4 is 0 Å². The summed E-state index contributed by atoms with van der Waals surface area (Å²) in [6.07, 6.45) is -15.3. The van der Waals surface area contributed by atoms with Crippen LogP contribution in [0.3, 0.4) is 0 Å². The fourth-order valence-corrected chi connectivity index (χ4v) is 15.0. The Kier molecular flexibility index (Phi) is 15.4. The second-order valence-corrected chi connectivity index (χ2v) is 22.2. The molecule has 18 heteroatoms. The highest BCUT2D eigenvalue weighted by Crippen LogP contribution is 2.76. The van der Waals surface area contributed by atoms with Gasteiger partial charge < -0.3 is 90.1 Å². The van der Waals surface area contributed by atoms with Gasteiger partial charge in [-0.15, -0.1) is 0 Å². The molecule has 4 saturated carbocycles. The predicted octanol–water partition coefficient (Wildman–Crippen LogP) is -1.03. The minimum Gasteiger partial charge on any atom is -0.396 e. The summed E-state index contributed by atoms with van der Waals surface area (Å²) in [5, 5.41) is 142. The van der Waals surface area contributed by atoms with Crippen LogP contribution >= 0.6 is 0 Å². The Labute approximate surface area is 382 Å². The molecular formula is C47H80O18. The van der Waals surface area contributed by atoms with Gasteiger partial charge in [-0.25, -0.2) is 0 Å². The van der Waals surface area contributed by atoms with Crippen LogP contribution in [0, 0.1) is 45.3 Å². The minimum atomic E-state index is -1.81. The van der Waals surface area contributed by atoms with Crippen molar-refractivity contribution in [2.45, 2.75) is 209 Å². The monoisotopic (exact) mass is 933 g/mol. The van der Waals surface area contributed by atoms with E-state index in [9.17, 15) is 66.4 Å². The number of fused-ring (bicyclic) bond motifs is 5. The second kappa shape index (κ2) is 19.3. The molecule has 0 bridgehead atoms. The van der Waals surface area contributed by atoms with E-state index in [1.54, 1.807) is 0 Å². The molecule has 3 aliphatic heterocycles. The van der Waals surface area contributed by atoms with Gasteiger partial charge in [0.05, 0.1) is 31.5 Å². The minimum absolute atomic E-state index is 0.0156. The van der Waals surface area contributed by atoms with Crippen LogP contribution in [0.15, 0.2) is 11.6 Å². The van der Waals surface area contributed by atoms with Gasteiger partial charge in [-0.05, 0) is 118 Å². The van der Waals surface area contributed by atoms with Crippen molar-refractivity contribution in [1.82, 2.24) is 0 Å². The van der Waals surface area contributed by atoms with Gasteiger partial charge >= 0.3 is 0 Å². The van der Waals surface area contributed by atoms with Gasteiger partial charge in [0, 0.05) is 12.0 Å². The zero-order chi connectivity index (χ0) is 47.8. The first-order valence-corrected chi connectivity index (χ1v) is 24.0. The highest BCUT2D eigenvalue weighted by Gasteiger charge is 2.72. The topological polar surface area (TPSA) is 309 Å². The smallest absolute Gasteiger partial charge is 0.187 e. The maximum Gasteiger partial charge on any atom is 0.187 e. The molecule has 3 saturated heterocycles. The number of ether oxygens (including phenoxy) is 5. The number of rotatable bonds is 13. The SMILES string of the molecule is CC(C)=CCC[C@@](O)([C@H]1CC[C@]2(C)[C@@H]1CC[C@@H]1[C@]3(CO)CC[C@@H](O[C@@H]4O[C@H](CO)[C@@H](O)[C@H](O)[C@H]4O[C@@H]4O[C@H](CO)[C@@H](O)[C@H](O)[C@H]4O)C(C)(C)[C@H]3CC[C@]12C)[C@H]1O[C@H](CO)[C@@H](O)[C@H](O)[C@H]1O. The van der Waals surface area contributed by atoms with Crippen molar-refractivity contribution in [2.24, 2.45) is 45.3 Å². The fourth-order valence-electron chi connectivity index (χ4n) is 15.0. The lowest BCUT2D eigenvalue weighted by Gasteiger charge is -2.70. The van der Waals surface area contributed by atoms with Crippen molar-refractivity contribution in [3.63, 3.8) is 0 Å². The van der Waals surface area contributed by atoms with Crippen LogP contribution in [0.1, 0.15) is 106 Å². The van der Waals surface area contributed by atoms with E-state index in [1.165, 1.54) is 0 Å². The molecule has 7 fully saturated rings. The summed E-state index contributed by atoms with van der Waals surface area (Å²) in [7, 11) is 0. The molecule has 0 unspecified atom stereocenters. The molecule has 7 rings (SSSR count). The van der Waals surface area contributed by atoms with Gasteiger partial charge in [0.2, 0.25) is 0 Å². The molecule has 4 aliphatic carbocycles. The molecule has 13 N–H and O–H groups in total. The van der Waals surface area contributed by atoms with Gasteiger partial charge in [0.25, 0.3) is 0 Å². The van der Waals surface area contributed by atoms with Gasteiger partial charge in [-0.1, -0.05) is 39.3 Å². The van der Waals surface area contributed by atoms with E-state index >= 15 is 0 Å². The standard InChI is InChI=1S/C47H80O18/c1-22(2)8-7-14-47(60,40-37(58)34(55)31(52)25(18-48)61-40)24-11-15-44(5)23(24)9-10-29-45(44,6)16-12-28-43(3,4)30(13-17-46(28,29)21-51)64-42-39(36(57)33(54)27(20-50)63-42)65-41-38(59)35(56)32(53)26(19-49)62-41/h8,23-42,48-60H,7,9-21H2,1-6H3/t23-,24+,25-,26-,27-,28-,29+,30-,31-,32-,33-,34+,35+,36+,37-,38-,39-,40+,41+,42+,44-,45-,46+,47-/m1/s1. The summed E-state index contributed by atoms with van der Waals surface area (Å²) in [6, 6.07) is 0. The van der Waals surface area contributed by atoms with E-state index < -0.39 is 134 Å². The molecule has 65 heavy (non-hydrogen) atoms. The lowest BCUT2D eigenvalue weighted by atomic mass is 9.35. The van der Waals surface area contributed by atoms with E-state index in [0.717, 1.165) is 37.7 Å². The maximum atomic E-state index is 13.1. The van der Waals surface area contributed by atoms with Crippen LogP contribution in [0.4, 0.5) is 0 Å². The Morgan fingerprint density at radius 1 is 0.600 bits per heavy atom. The molecule has 18 nitrogen and oxygen atoms in total. The van der Waals surface area contributed by atoms with Crippen molar-refractivity contribution < 1.29 is 90.1 Å². The summed E-state index contributed by atoms with van der Waals surface area (Å²) >= 11 is 0. The van der Waals surface area contributed by atoms with E-state index in [1.807, 2.05) is 19.9 Å². The Bertz CT molecular complexity index is 1640. The molecule has 376 valence electrons. The highest BCUT2D eigenvalue weighted by molar-refractivity contribution is 5.21. The Balaban J connectivity index is 1.14. The van der Waals surface area contributed by atoms with Crippen LogP contribution in [-0.4, -0.2) is 196 Å². The number of aliphatic hydroxyl groups excluding tert-OH is 12. The maximum absolute atomic E-state index is 13.1. The lowest BCUT2D eigenvalue weighted by Crippen LogP contribution is -2.69. The largest absolute Gasteiger partial charge is 0.396 e. The summed E-state index contributed by atoms with van der Waals surface area (Å²) in [6.45, 7) is 10.7. The molecule has 0 aromatic rings. The Hall–Kier alpha value is -0.980. The van der Waals surface area contributed by atoms with Crippen molar-refractivity contribution in [3.05, 3.63) is 11.6 Å². The summed E-state index contributed by atoms with van der Waals surface area (Å²) in [5.74, 6) is -0.361. The number of allylic oxidation sites excluding steroid dienone is 2. The highest BCUT2D eigenvalue weighted by atomic mass is 16.8. The molecule has 0 amide bonds. The average Bonchev–Trinajstić information content (AvgIpc) is 3.64. The first-order chi connectivity index (χ1) is 30.5. The quantitative estimate of drug-likeness (QED) is 0.0776. The zero-order valence-corrected chi connectivity index (χ0v) is 38.9. The summed E-state index contributed by atoms with van der Waals surface area (Å²) < 4.78 is 30.5. The van der Waals surface area contributed by atoms with Crippen LogP contribution in [0.25, 0.3) is 0 Å². The molecule has 0 radical (unpaired) electrons. The summed E-state index contributed by atoms with van der Waals surface area (Å²) in [5.41, 5.74) is -2.32. The predicted molar refractivity (Wildman–Crippen MR) is 229 cm³/mol. The van der Waals surface area contributed by atoms with Crippen LogP contribution in [-0.2, 0) is 23.7 Å². The Morgan fingerprint density at radius 2 is 1.17 bits per heavy atom. The summed E-state index contributed by atoms with van der Waals surface area (Å²) in [4.78, 5) is 0. The molecule has 0 aromatic carbocycles. The van der Waals surface area contributed by atoms with Crippen molar-refractivity contribution in [2.75, 3.05) is 26.4 Å². The average molecular weight is 933 g/mol. The molecule has 3 heterocycles. The number of hydrogen-bond acceptors (Lipinski definition) is 18. The molecule has 0 aromatic heterocycles. The van der Waals surface area contributed by atoms with Gasteiger partial charge in [0.1, 0.15) is 79.4 Å². The van der Waals surface area contributed by atoms with E-state index in [0.29, 0.717) is 25.7 Å². The first-order valence-electron chi connectivity index (χ1n) is 24.0. The normalized spacial score (nSPS) is 51.9. The van der Waals surface area contributed by atoms with Crippen LogP contribution in [0.5, 0.6) is 0 Å². The molecule has 0 spiro atoms. The fraction of sp³-hybridized carbons (Fsp3) is 0.957. The molecule has 7 aliphatic rings.